The van der Waals surface area contributed by atoms with Crippen molar-refractivity contribution in [2.24, 2.45) is 0 Å². The zero-order chi connectivity index (χ0) is 12.1. The summed E-state index contributed by atoms with van der Waals surface area (Å²) in [6.45, 7) is 0. The van der Waals surface area contributed by atoms with E-state index in [0.29, 0.717) is 18.4 Å². The summed E-state index contributed by atoms with van der Waals surface area (Å²) in [5.74, 6) is -0.352. The van der Waals surface area contributed by atoms with E-state index in [1.807, 2.05) is 12.1 Å². The minimum absolute atomic E-state index is 0.352. The average molecular weight is 231 g/mol. The fourth-order valence-corrected chi connectivity index (χ4v) is 1.75. The van der Waals surface area contributed by atoms with Crippen LogP contribution in [0, 0.1) is 5.82 Å². The molecule has 2 aromatic rings. The van der Waals surface area contributed by atoms with Crippen LogP contribution in [0.2, 0.25) is 0 Å². The Morgan fingerprint density at radius 3 is 2.53 bits per heavy atom. The number of pyridine rings is 1. The van der Waals surface area contributed by atoms with E-state index < -0.39 is 6.10 Å². The minimum atomic E-state index is -0.760. The topological polar surface area (TPSA) is 33.1 Å². The number of aliphatic hydroxyl groups excluding tert-OH is 1. The van der Waals surface area contributed by atoms with Crippen molar-refractivity contribution in [2.75, 3.05) is 0 Å². The van der Waals surface area contributed by atoms with Gasteiger partial charge in [0.1, 0.15) is 5.82 Å². The Bertz CT molecular complexity index is 473. The number of rotatable bonds is 4. The summed E-state index contributed by atoms with van der Waals surface area (Å²) in [5, 5.41) is 9.91. The maximum absolute atomic E-state index is 13.4. The molecule has 0 aliphatic rings. The molecule has 0 aliphatic heterocycles. The second kappa shape index (κ2) is 5.55. The van der Waals surface area contributed by atoms with Crippen molar-refractivity contribution in [1.82, 2.24) is 4.98 Å². The lowest BCUT2D eigenvalue weighted by Crippen LogP contribution is -2.02. The van der Waals surface area contributed by atoms with Gasteiger partial charge < -0.3 is 5.11 Å². The molecule has 0 saturated heterocycles. The average Bonchev–Trinajstić information content (AvgIpc) is 2.38. The van der Waals surface area contributed by atoms with E-state index in [0.717, 1.165) is 5.56 Å². The van der Waals surface area contributed by atoms with Gasteiger partial charge in [-0.05, 0) is 36.6 Å². The number of aliphatic hydroxyl groups is 1. The highest BCUT2D eigenvalue weighted by Crippen LogP contribution is 2.21. The van der Waals surface area contributed by atoms with E-state index in [9.17, 15) is 9.50 Å². The van der Waals surface area contributed by atoms with E-state index in [1.165, 1.54) is 6.07 Å². The smallest absolute Gasteiger partial charge is 0.128 e. The first-order chi connectivity index (χ1) is 8.27. The Morgan fingerprint density at radius 2 is 1.82 bits per heavy atom. The molecule has 0 spiro atoms. The summed E-state index contributed by atoms with van der Waals surface area (Å²) in [4.78, 5) is 3.92. The van der Waals surface area contributed by atoms with Gasteiger partial charge in [-0.25, -0.2) is 4.39 Å². The van der Waals surface area contributed by atoms with E-state index in [2.05, 4.69) is 4.98 Å². The van der Waals surface area contributed by atoms with Crippen LogP contribution in [0.3, 0.4) is 0 Å². The third-order valence-electron chi connectivity index (χ3n) is 2.72. The first kappa shape index (κ1) is 11.7. The molecule has 0 saturated carbocycles. The molecule has 0 amide bonds. The van der Waals surface area contributed by atoms with Gasteiger partial charge >= 0.3 is 0 Å². The number of hydrogen-bond acceptors (Lipinski definition) is 2. The van der Waals surface area contributed by atoms with E-state index in [4.69, 9.17) is 0 Å². The van der Waals surface area contributed by atoms with Crippen LogP contribution in [-0.4, -0.2) is 10.1 Å². The molecule has 0 fully saturated rings. The molecule has 1 aromatic carbocycles. The van der Waals surface area contributed by atoms with Crippen molar-refractivity contribution in [3.8, 4) is 0 Å². The Hall–Kier alpha value is -1.74. The Labute approximate surface area is 99.8 Å². The van der Waals surface area contributed by atoms with Crippen molar-refractivity contribution >= 4 is 0 Å². The quantitative estimate of drug-likeness (QED) is 0.877. The monoisotopic (exact) mass is 231 g/mol. The highest BCUT2D eigenvalue weighted by Gasteiger charge is 2.11. The lowest BCUT2D eigenvalue weighted by Gasteiger charge is -2.11. The normalized spacial score (nSPS) is 12.4. The Kier molecular flexibility index (Phi) is 3.83. The van der Waals surface area contributed by atoms with Crippen molar-refractivity contribution in [2.45, 2.75) is 18.9 Å². The van der Waals surface area contributed by atoms with Gasteiger partial charge in [0.25, 0.3) is 0 Å². The molecule has 3 heteroatoms. The lowest BCUT2D eigenvalue weighted by molar-refractivity contribution is 0.163. The Balaban J connectivity index is 1.99. The van der Waals surface area contributed by atoms with Crippen LogP contribution >= 0.6 is 0 Å². The summed E-state index contributed by atoms with van der Waals surface area (Å²) >= 11 is 0. The third kappa shape index (κ3) is 3.11. The maximum Gasteiger partial charge on any atom is 0.128 e. The number of aromatic nitrogens is 1. The van der Waals surface area contributed by atoms with Gasteiger partial charge in [-0.2, -0.15) is 0 Å². The van der Waals surface area contributed by atoms with Gasteiger partial charge in [-0.1, -0.05) is 18.2 Å². The summed E-state index contributed by atoms with van der Waals surface area (Å²) in [6, 6.07) is 10.1. The highest BCUT2D eigenvalue weighted by atomic mass is 19.1. The van der Waals surface area contributed by atoms with Crippen LogP contribution in [0.25, 0.3) is 0 Å². The number of benzene rings is 1. The molecule has 1 aromatic heterocycles. The van der Waals surface area contributed by atoms with Gasteiger partial charge in [0.2, 0.25) is 0 Å². The van der Waals surface area contributed by atoms with Crippen LogP contribution in [0.4, 0.5) is 4.39 Å². The molecule has 1 atom stereocenters. The molecule has 1 unspecified atom stereocenters. The minimum Gasteiger partial charge on any atom is -0.388 e. The SMILES string of the molecule is OC(CCc1ccncc1)c1ccccc1F. The number of nitrogens with zero attached hydrogens (tertiary/aromatic N) is 1. The van der Waals surface area contributed by atoms with E-state index in [-0.39, 0.29) is 5.82 Å². The van der Waals surface area contributed by atoms with Crippen molar-refractivity contribution < 1.29 is 9.50 Å². The maximum atomic E-state index is 13.4. The molecule has 1 N–H and O–H groups in total. The van der Waals surface area contributed by atoms with Crippen molar-refractivity contribution in [3.05, 3.63) is 65.7 Å². The zero-order valence-electron chi connectivity index (χ0n) is 9.38. The van der Waals surface area contributed by atoms with Crippen molar-refractivity contribution in [1.29, 1.82) is 0 Å². The summed E-state index contributed by atoms with van der Waals surface area (Å²) in [5.41, 5.74) is 1.46. The van der Waals surface area contributed by atoms with Crippen molar-refractivity contribution in [3.63, 3.8) is 0 Å². The highest BCUT2D eigenvalue weighted by molar-refractivity contribution is 5.20. The van der Waals surface area contributed by atoms with E-state index in [1.54, 1.807) is 30.6 Å². The summed E-state index contributed by atoms with van der Waals surface area (Å²) in [7, 11) is 0. The fraction of sp³-hybridized carbons (Fsp3) is 0.214. The van der Waals surface area contributed by atoms with Gasteiger partial charge in [0.15, 0.2) is 0 Å². The van der Waals surface area contributed by atoms with Crippen LogP contribution in [-0.2, 0) is 6.42 Å². The molecule has 0 radical (unpaired) electrons. The molecule has 0 bridgehead atoms. The van der Waals surface area contributed by atoms with Gasteiger partial charge in [-0.3, -0.25) is 4.98 Å². The Morgan fingerprint density at radius 1 is 1.12 bits per heavy atom. The molecule has 1 heterocycles. The number of halogens is 1. The predicted octanol–water partition coefficient (Wildman–Crippen LogP) is 2.89. The molecule has 17 heavy (non-hydrogen) atoms. The summed E-state index contributed by atoms with van der Waals surface area (Å²) in [6.07, 6.45) is 3.88. The first-order valence-corrected chi connectivity index (χ1v) is 5.59. The standard InChI is InChI=1S/C14H14FNO/c15-13-4-2-1-3-12(13)14(17)6-5-11-7-9-16-10-8-11/h1-4,7-10,14,17H,5-6H2. The number of hydrogen-bond donors (Lipinski definition) is 1. The zero-order valence-corrected chi connectivity index (χ0v) is 9.38. The molecular formula is C14H14FNO. The predicted molar refractivity (Wildman–Crippen MR) is 63.9 cm³/mol. The van der Waals surface area contributed by atoms with Crippen LogP contribution in [0.15, 0.2) is 48.8 Å². The number of aryl methyl sites for hydroxylation is 1. The fourth-order valence-electron chi connectivity index (χ4n) is 1.75. The second-order valence-corrected chi connectivity index (χ2v) is 3.93. The molecule has 0 aliphatic carbocycles. The van der Waals surface area contributed by atoms with Crippen LogP contribution in [0.1, 0.15) is 23.7 Å². The van der Waals surface area contributed by atoms with E-state index >= 15 is 0 Å². The van der Waals surface area contributed by atoms with Crippen LogP contribution < -0.4 is 0 Å². The molecule has 88 valence electrons. The lowest BCUT2D eigenvalue weighted by atomic mass is 10.0. The third-order valence-corrected chi connectivity index (χ3v) is 2.72. The first-order valence-electron chi connectivity index (χ1n) is 5.59. The molecule has 2 rings (SSSR count). The summed E-state index contributed by atoms with van der Waals surface area (Å²) < 4.78 is 13.4. The van der Waals surface area contributed by atoms with Gasteiger partial charge in [-0.15, -0.1) is 0 Å². The van der Waals surface area contributed by atoms with Gasteiger partial charge in [0, 0.05) is 18.0 Å². The molecular weight excluding hydrogens is 217 g/mol. The van der Waals surface area contributed by atoms with Crippen LogP contribution in [0.5, 0.6) is 0 Å². The molecule has 2 nitrogen and oxygen atoms in total. The largest absolute Gasteiger partial charge is 0.388 e. The second-order valence-electron chi connectivity index (χ2n) is 3.93. The van der Waals surface area contributed by atoms with Gasteiger partial charge in [0.05, 0.1) is 6.10 Å².